The van der Waals surface area contributed by atoms with E-state index in [1.54, 1.807) is 0 Å². The fraction of sp³-hybridized carbons (Fsp3) is 0.745. The number of unbranched alkanes of at least 4 members (excludes halogenated alkanes) is 18. The van der Waals surface area contributed by atoms with E-state index in [1.807, 2.05) is 18.5 Å². The second-order valence-electron chi connectivity index (χ2n) is 15.1. The lowest BCUT2D eigenvalue weighted by Gasteiger charge is -2.36. The number of hydrogen-bond donors (Lipinski definition) is 0. The predicted molar refractivity (Wildman–Crippen MR) is 230 cm³/mol. The van der Waals surface area contributed by atoms with E-state index in [2.05, 4.69) is 82.2 Å². The molecule has 1 aliphatic heterocycles. The lowest BCUT2D eigenvalue weighted by molar-refractivity contribution is -0.0349. The van der Waals surface area contributed by atoms with Gasteiger partial charge in [0.05, 0.1) is 12.7 Å². The van der Waals surface area contributed by atoms with Crippen molar-refractivity contribution in [3.8, 4) is 0 Å². The maximum absolute atomic E-state index is 6.48. The van der Waals surface area contributed by atoms with Crippen LogP contribution in [-0.2, 0) is 9.47 Å². The standard InChI is InChI=1S/C47H82N4O2/c1-3-5-7-9-11-13-15-17-19-21-23-25-27-29-31-33-42-52-45-46(44-50-38-40-51(41-39-50)47-48-36-35-37-49-47)53-43-34-32-30-28-26-24-22-20-18-16-14-12-10-8-6-4-2/h11-14,17-20,35-37,46H,3-10,15-16,21-34,38-45H2,1-2H3. The molecule has 1 fully saturated rings. The van der Waals surface area contributed by atoms with E-state index in [0.717, 1.165) is 77.6 Å². The molecule has 0 spiro atoms. The Morgan fingerprint density at radius 3 is 1.51 bits per heavy atom. The molecule has 1 aromatic rings. The molecule has 0 bridgehead atoms. The molecular weight excluding hydrogens is 653 g/mol. The normalized spacial score (nSPS) is 14.9. The van der Waals surface area contributed by atoms with Gasteiger partial charge in [0.25, 0.3) is 0 Å². The average molecular weight is 735 g/mol. The first kappa shape index (κ1) is 46.9. The Balaban J connectivity index is 1.54. The number of hydrogen-bond acceptors (Lipinski definition) is 6. The number of piperazine rings is 1. The van der Waals surface area contributed by atoms with Crippen molar-refractivity contribution in [2.45, 2.75) is 174 Å². The quantitative estimate of drug-likeness (QED) is 0.0505. The fourth-order valence-electron chi connectivity index (χ4n) is 6.77. The van der Waals surface area contributed by atoms with Gasteiger partial charge in [0.1, 0.15) is 0 Å². The topological polar surface area (TPSA) is 50.7 Å². The zero-order chi connectivity index (χ0) is 37.5. The average Bonchev–Trinajstić information content (AvgIpc) is 3.19. The lowest BCUT2D eigenvalue weighted by Crippen LogP contribution is -2.50. The van der Waals surface area contributed by atoms with Crippen molar-refractivity contribution in [1.29, 1.82) is 0 Å². The van der Waals surface area contributed by atoms with Crippen molar-refractivity contribution in [3.63, 3.8) is 0 Å². The molecule has 1 aromatic heterocycles. The minimum absolute atomic E-state index is 0.136. The van der Waals surface area contributed by atoms with Gasteiger partial charge in [0.15, 0.2) is 0 Å². The summed E-state index contributed by atoms with van der Waals surface area (Å²) in [5.41, 5.74) is 0. The van der Waals surface area contributed by atoms with Crippen molar-refractivity contribution in [3.05, 3.63) is 67.1 Å². The first-order chi connectivity index (χ1) is 26.3. The molecule has 0 radical (unpaired) electrons. The Kier molecular flexibility index (Phi) is 32.4. The van der Waals surface area contributed by atoms with Gasteiger partial charge in [-0.15, -0.1) is 0 Å². The molecule has 1 unspecified atom stereocenters. The monoisotopic (exact) mass is 735 g/mol. The van der Waals surface area contributed by atoms with E-state index < -0.39 is 0 Å². The van der Waals surface area contributed by atoms with Crippen LogP contribution in [0, 0.1) is 0 Å². The Morgan fingerprint density at radius 2 is 1.00 bits per heavy atom. The minimum atomic E-state index is 0.136. The second-order valence-corrected chi connectivity index (χ2v) is 15.1. The Hall–Kier alpha value is -2.28. The van der Waals surface area contributed by atoms with Crippen LogP contribution in [0.3, 0.4) is 0 Å². The van der Waals surface area contributed by atoms with Crippen LogP contribution in [0.4, 0.5) is 5.95 Å². The van der Waals surface area contributed by atoms with Gasteiger partial charge >= 0.3 is 0 Å². The highest BCUT2D eigenvalue weighted by Crippen LogP contribution is 2.13. The third-order valence-electron chi connectivity index (χ3n) is 10.2. The summed E-state index contributed by atoms with van der Waals surface area (Å²) in [6.45, 7) is 11.8. The van der Waals surface area contributed by atoms with Gasteiger partial charge < -0.3 is 14.4 Å². The molecule has 0 saturated carbocycles. The van der Waals surface area contributed by atoms with Crippen molar-refractivity contribution >= 4 is 5.95 Å². The van der Waals surface area contributed by atoms with Crippen LogP contribution < -0.4 is 4.90 Å². The van der Waals surface area contributed by atoms with Crippen molar-refractivity contribution in [1.82, 2.24) is 14.9 Å². The summed E-state index contributed by atoms with van der Waals surface area (Å²) in [6, 6.07) is 1.88. The molecule has 0 aromatic carbocycles. The molecule has 1 aliphatic rings. The van der Waals surface area contributed by atoms with Crippen molar-refractivity contribution < 1.29 is 9.47 Å². The zero-order valence-corrected chi connectivity index (χ0v) is 34.7. The van der Waals surface area contributed by atoms with Gasteiger partial charge in [-0.1, -0.05) is 140 Å². The van der Waals surface area contributed by atoms with Crippen LogP contribution in [0.5, 0.6) is 0 Å². The third kappa shape index (κ3) is 28.8. The van der Waals surface area contributed by atoms with E-state index in [4.69, 9.17) is 9.47 Å². The molecule has 6 nitrogen and oxygen atoms in total. The summed E-state index contributed by atoms with van der Waals surface area (Å²) in [4.78, 5) is 13.7. The Morgan fingerprint density at radius 1 is 0.547 bits per heavy atom. The van der Waals surface area contributed by atoms with Gasteiger partial charge in [0.2, 0.25) is 5.95 Å². The molecule has 6 heteroatoms. The summed E-state index contributed by atoms with van der Waals surface area (Å²) >= 11 is 0. The SMILES string of the molecule is CCCCCC=CCC=CCCCCCCCCOCC(CN1CCN(c2ncccn2)CC1)OCCCCCCCCC=CCC=CCCCCC. The molecule has 0 aliphatic carbocycles. The molecule has 2 heterocycles. The highest BCUT2D eigenvalue weighted by atomic mass is 16.5. The summed E-state index contributed by atoms with van der Waals surface area (Å²) in [7, 11) is 0. The summed E-state index contributed by atoms with van der Waals surface area (Å²) < 4.78 is 12.7. The van der Waals surface area contributed by atoms with Crippen LogP contribution in [-0.4, -0.2) is 73.5 Å². The van der Waals surface area contributed by atoms with Crippen molar-refractivity contribution in [2.75, 3.05) is 57.4 Å². The summed E-state index contributed by atoms with van der Waals surface area (Å²) in [5.74, 6) is 0.842. The van der Waals surface area contributed by atoms with Gasteiger partial charge in [-0.25, -0.2) is 9.97 Å². The molecular formula is C47H82N4O2. The number of allylic oxidation sites excluding steroid dienone is 8. The fourth-order valence-corrected chi connectivity index (χ4v) is 6.77. The Bertz CT molecular complexity index is 1020. The van der Waals surface area contributed by atoms with Gasteiger partial charge in [0, 0.05) is 58.3 Å². The number of rotatable bonds is 36. The maximum atomic E-state index is 6.48. The van der Waals surface area contributed by atoms with E-state index in [9.17, 15) is 0 Å². The van der Waals surface area contributed by atoms with E-state index >= 15 is 0 Å². The van der Waals surface area contributed by atoms with Crippen LogP contribution >= 0.6 is 0 Å². The number of anilines is 1. The summed E-state index contributed by atoms with van der Waals surface area (Å²) in [5, 5.41) is 0. The molecule has 1 atom stereocenters. The first-order valence-corrected chi connectivity index (χ1v) is 22.4. The zero-order valence-electron chi connectivity index (χ0n) is 34.7. The smallest absolute Gasteiger partial charge is 0.225 e. The van der Waals surface area contributed by atoms with Gasteiger partial charge in [-0.2, -0.15) is 0 Å². The number of nitrogens with zero attached hydrogens (tertiary/aromatic N) is 4. The van der Waals surface area contributed by atoms with E-state index in [1.165, 1.54) is 128 Å². The maximum Gasteiger partial charge on any atom is 0.225 e. The second kappa shape index (κ2) is 36.7. The molecule has 53 heavy (non-hydrogen) atoms. The van der Waals surface area contributed by atoms with E-state index in [-0.39, 0.29) is 6.10 Å². The van der Waals surface area contributed by atoms with Crippen LogP contribution in [0.15, 0.2) is 67.1 Å². The highest BCUT2D eigenvalue weighted by Gasteiger charge is 2.22. The summed E-state index contributed by atoms with van der Waals surface area (Å²) in [6.07, 6.45) is 53.1. The van der Waals surface area contributed by atoms with Crippen molar-refractivity contribution in [2.24, 2.45) is 0 Å². The Labute approximate surface area is 328 Å². The molecule has 1 saturated heterocycles. The largest absolute Gasteiger partial charge is 0.379 e. The highest BCUT2D eigenvalue weighted by molar-refractivity contribution is 5.29. The number of ether oxygens (including phenoxy) is 2. The molecule has 0 amide bonds. The molecule has 2 rings (SSSR count). The first-order valence-electron chi connectivity index (χ1n) is 22.4. The van der Waals surface area contributed by atoms with Crippen LogP contribution in [0.25, 0.3) is 0 Å². The van der Waals surface area contributed by atoms with Crippen LogP contribution in [0.1, 0.15) is 168 Å². The molecule has 302 valence electrons. The lowest BCUT2D eigenvalue weighted by atomic mass is 10.1. The minimum Gasteiger partial charge on any atom is -0.379 e. The van der Waals surface area contributed by atoms with Crippen LogP contribution in [0.2, 0.25) is 0 Å². The van der Waals surface area contributed by atoms with Gasteiger partial charge in [-0.3, -0.25) is 4.90 Å². The van der Waals surface area contributed by atoms with Gasteiger partial charge in [-0.05, 0) is 83.1 Å². The molecule has 0 N–H and O–H groups in total. The van der Waals surface area contributed by atoms with E-state index in [0.29, 0.717) is 6.61 Å². The number of aromatic nitrogens is 2. The third-order valence-corrected chi connectivity index (χ3v) is 10.2. The predicted octanol–water partition coefficient (Wildman–Crippen LogP) is 12.6.